The molecule has 0 aliphatic rings. The Morgan fingerprint density at radius 2 is 1.95 bits per heavy atom. The van der Waals surface area contributed by atoms with Gasteiger partial charge in [-0.3, -0.25) is 0 Å². The van der Waals surface area contributed by atoms with Crippen LogP contribution in [0.15, 0.2) is 30.3 Å². The zero-order valence-electron chi connectivity index (χ0n) is 12.3. The van der Waals surface area contributed by atoms with Crippen molar-refractivity contribution in [3.8, 4) is 0 Å². The highest BCUT2D eigenvalue weighted by molar-refractivity contribution is 5.81. The minimum atomic E-state index is 0.663. The minimum Gasteiger partial charge on any atom is -0.362 e. The van der Waals surface area contributed by atoms with Gasteiger partial charge in [0, 0.05) is 31.6 Å². The van der Waals surface area contributed by atoms with Crippen LogP contribution in [0.25, 0.3) is 10.9 Å². The molecule has 2 aromatic rings. The molecule has 1 aromatic heterocycles. The van der Waals surface area contributed by atoms with Crippen LogP contribution in [-0.4, -0.2) is 25.6 Å². The van der Waals surface area contributed by atoms with E-state index in [1.54, 1.807) is 0 Å². The Bertz CT molecular complexity index is 547. The molecule has 0 aliphatic heterocycles. The molecule has 0 amide bonds. The zero-order chi connectivity index (χ0) is 13.8. The van der Waals surface area contributed by atoms with Crippen LogP contribution in [0.5, 0.6) is 0 Å². The number of rotatable bonds is 5. The van der Waals surface area contributed by atoms with Crippen LogP contribution < -0.4 is 10.2 Å². The lowest BCUT2D eigenvalue weighted by Gasteiger charge is -2.18. The molecule has 0 spiro atoms. The van der Waals surface area contributed by atoms with Gasteiger partial charge in [0.1, 0.15) is 5.82 Å². The fraction of sp³-hybridized carbons (Fsp3) is 0.438. The predicted molar refractivity (Wildman–Crippen MR) is 82.6 cm³/mol. The number of hydrogen-bond donors (Lipinski definition) is 1. The molecule has 0 fully saturated rings. The van der Waals surface area contributed by atoms with Crippen molar-refractivity contribution in [2.75, 3.05) is 25.5 Å². The first-order chi connectivity index (χ1) is 9.08. The maximum Gasteiger partial charge on any atom is 0.133 e. The van der Waals surface area contributed by atoms with Crippen LogP contribution >= 0.6 is 0 Å². The van der Waals surface area contributed by atoms with Crippen molar-refractivity contribution in [1.29, 1.82) is 0 Å². The third-order valence-electron chi connectivity index (χ3n) is 3.07. The highest BCUT2D eigenvalue weighted by atomic mass is 15.1. The number of fused-ring (bicyclic) bond motifs is 1. The molecule has 0 atom stereocenters. The second-order valence-corrected chi connectivity index (χ2v) is 5.58. The van der Waals surface area contributed by atoms with Crippen molar-refractivity contribution in [2.24, 2.45) is 5.92 Å². The van der Waals surface area contributed by atoms with Gasteiger partial charge < -0.3 is 10.2 Å². The van der Waals surface area contributed by atoms with E-state index >= 15 is 0 Å². The van der Waals surface area contributed by atoms with Gasteiger partial charge >= 0.3 is 0 Å². The van der Waals surface area contributed by atoms with Gasteiger partial charge in [-0.05, 0) is 24.6 Å². The minimum absolute atomic E-state index is 0.663. The summed E-state index contributed by atoms with van der Waals surface area (Å²) in [7, 11) is 4.09. The number of hydrogen-bond acceptors (Lipinski definition) is 3. The Balaban J connectivity index is 2.31. The molecular formula is C16H23N3. The molecule has 1 N–H and O–H groups in total. The lowest BCUT2D eigenvalue weighted by Crippen LogP contribution is -2.22. The molecule has 0 saturated carbocycles. The van der Waals surface area contributed by atoms with Crippen LogP contribution in [0.2, 0.25) is 0 Å². The van der Waals surface area contributed by atoms with E-state index in [1.165, 1.54) is 10.9 Å². The molecule has 102 valence electrons. The van der Waals surface area contributed by atoms with Gasteiger partial charge in [0.05, 0.1) is 5.52 Å². The molecule has 3 nitrogen and oxygen atoms in total. The Kier molecular flexibility index (Phi) is 4.38. The van der Waals surface area contributed by atoms with Crippen molar-refractivity contribution in [2.45, 2.75) is 20.4 Å². The monoisotopic (exact) mass is 257 g/mol. The van der Waals surface area contributed by atoms with E-state index in [1.807, 2.05) is 20.2 Å². The van der Waals surface area contributed by atoms with E-state index in [-0.39, 0.29) is 0 Å². The Morgan fingerprint density at radius 1 is 1.21 bits per heavy atom. The summed E-state index contributed by atoms with van der Waals surface area (Å²) in [6.45, 7) is 6.33. The maximum absolute atomic E-state index is 4.76. The van der Waals surface area contributed by atoms with E-state index < -0.39 is 0 Å². The molecule has 0 radical (unpaired) electrons. The molecule has 0 bridgehead atoms. The number of aromatic nitrogens is 1. The summed E-state index contributed by atoms with van der Waals surface area (Å²) in [6.07, 6.45) is 0. The smallest absolute Gasteiger partial charge is 0.133 e. The quantitative estimate of drug-likeness (QED) is 0.892. The first-order valence-electron chi connectivity index (χ1n) is 6.84. The summed E-state index contributed by atoms with van der Waals surface area (Å²) in [5.74, 6) is 1.71. The van der Waals surface area contributed by atoms with Gasteiger partial charge in [-0.15, -0.1) is 0 Å². The first kappa shape index (κ1) is 13.8. The standard InChI is InChI=1S/C16H23N3/c1-12(2)10-17-11-14-9-13-7-5-6-8-15(13)18-16(14)19(3)4/h5-9,12,17H,10-11H2,1-4H3. The summed E-state index contributed by atoms with van der Waals surface area (Å²) < 4.78 is 0. The molecule has 2 rings (SSSR count). The van der Waals surface area contributed by atoms with Crippen LogP contribution in [-0.2, 0) is 6.54 Å². The maximum atomic E-state index is 4.76. The first-order valence-corrected chi connectivity index (χ1v) is 6.84. The summed E-state index contributed by atoms with van der Waals surface area (Å²) in [6, 6.07) is 10.5. The van der Waals surface area contributed by atoms with Crippen molar-refractivity contribution < 1.29 is 0 Å². The number of anilines is 1. The summed E-state index contributed by atoms with van der Waals surface area (Å²) >= 11 is 0. The van der Waals surface area contributed by atoms with Crippen LogP contribution in [0.4, 0.5) is 5.82 Å². The third kappa shape index (κ3) is 3.44. The van der Waals surface area contributed by atoms with Gasteiger partial charge in [-0.2, -0.15) is 0 Å². The van der Waals surface area contributed by atoms with Crippen LogP contribution in [0.1, 0.15) is 19.4 Å². The van der Waals surface area contributed by atoms with E-state index in [0.717, 1.165) is 24.4 Å². The lowest BCUT2D eigenvalue weighted by molar-refractivity contribution is 0.552. The molecule has 19 heavy (non-hydrogen) atoms. The van der Waals surface area contributed by atoms with E-state index in [0.29, 0.717) is 5.92 Å². The lowest BCUT2D eigenvalue weighted by atomic mass is 10.1. The molecular weight excluding hydrogens is 234 g/mol. The third-order valence-corrected chi connectivity index (χ3v) is 3.07. The normalized spacial score (nSPS) is 11.2. The fourth-order valence-corrected chi connectivity index (χ4v) is 2.16. The number of pyridine rings is 1. The molecule has 3 heteroatoms. The number of para-hydroxylation sites is 1. The van der Waals surface area contributed by atoms with E-state index in [2.05, 4.69) is 48.3 Å². The van der Waals surface area contributed by atoms with Crippen molar-refractivity contribution >= 4 is 16.7 Å². The second-order valence-electron chi connectivity index (χ2n) is 5.58. The van der Waals surface area contributed by atoms with Crippen LogP contribution in [0, 0.1) is 5.92 Å². The topological polar surface area (TPSA) is 28.2 Å². The van der Waals surface area contributed by atoms with Gasteiger partial charge in [-0.25, -0.2) is 4.98 Å². The molecule has 1 aromatic carbocycles. The van der Waals surface area contributed by atoms with E-state index in [9.17, 15) is 0 Å². The summed E-state index contributed by atoms with van der Waals surface area (Å²) in [5, 5.41) is 4.70. The Labute approximate surface area is 115 Å². The van der Waals surface area contributed by atoms with E-state index in [4.69, 9.17) is 4.98 Å². The average molecular weight is 257 g/mol. The molecule has 0 saturated heterocycles. The predicted octanol–water partition coefficient (Wildman–Crippen LogP) is 3.05. The number of nitrogens with one attached hydrogen (secondary N) is 1. The summed E-state index contributed by atoms with van der Waals surface area (Å²) in [5.41, 5.74) is 2.31. The van der Waals surface area contributed by atoms with Crippen molar-refractivity contribution in [1.82, 2.24) is 10.3 Å². The average Bonchev–Trinajstić information content (AvgIpc) is 2.37. The highest BCUT2D eigenvalue weighted by Crippen LogP contribution is 2.22. The van der Waals surface area contributed by atoms with Gasteiger partial charge in [0.25, 0.3) is 0 Å². The summed E-state index contributed by atoms with van der Waals surface area (Å²) in [4.78, 5) is 6.84. The zero-order valence-corrected chi connectivity index (χ0v) is 12.3. The van der Waals surface area contributed by atoms with Gasteiger partial charge in [-0.1, -0.05) is 32.0 Å². The highest BCUT2D eigenvalue weighted by Gasteiger charge is 2.08. The van der Waals surface area contributed by atoms with Gasteiger partial charge in [0.2, 0.25) is 0 Å². The molecule has 1 heterocycles. The molecule has 0 unspecified atom stereocenters. The number of benzene rings is 1. The SMILES string of the molecule is CC(C)CNCc1cc2ccccc2nc1N(C)C. The second kappa shape index (κ2) is 6.02. The Morgan fingerprint density at radius 3 is 2.63 bits per heavy atom. The fourth-order valence-electron chi connectivity index (χ4n) is 2.16. The molecule has 0 aliphatic carbocycles. The van der Waals surface area contributed by atoms with Gasteiger partial charge in [0.15, 0.2) is 0 Å². The van der Waals surface area contributed by atoms with Crippen LogP contribution in [0.3, 0.4) is 0 Å². The van der Waals surface area contributed by atoms with Crippen molar-refractivity contribution in [3.05, 3.63) is 35.9 Å². The Hall–Kier alpha value is -1.61. The number of nitrogens with zero attached hydrogens (tertiary/aromatic N) is 2. The largest absolute Gasteiger partial charge is 0.362 e. The van der Waals surface area contributed by atoms with Crippen molar-refractivity contribution in [3.63, 3.8) is 0 Å².